The molecule has 80 valence electrons. The number of amides is 1. The third-order valence-corrected chi connectivity index (χ3v) is 1.66. The van der Waals surface area contributed by atoms with Gasteiger partial charge in [-0.15, -0.1) is 0 Å². The molecule has 0 aliphatic heterocycles. The molecular weight excluding hydrogens is 186 g/mol. The molecule has 0 saturated carbocycles. The summed E-state index contributed by atoms with van der Waals surface area (Å²) in [5.74, 6) is -1.38. The molecule has 0 aromatic heterocycles. The monoisotopic (exact) mass is 201 g/mol. The molecule has 5 nitrogen and oxygen atoms in total. The van der Waals surface area contributed by atoms with E-state index in [0.717, 1.165) is 18.1 Å². The van der Waals surface area contributed by atoms with Gasteiger partial charge in [-0.3, -0.25) is 4.79 Å². The molecule has 0 aromatic rings. The van der Waals surface area contributed by atoms with E-state index in [1.807, 2.05) is 0 Å². The van der Waals surface area contributed by atoms with Gasteiger partial charge in [-0.2, -0.15) is 0 Å². The van der Waals surface area contributed by atoms with Gasteiger partial charge < -0.3 is 14.7 Å². The predicted octanol–water partition coefficient (Wildman–Crippen LogP) is -0.0992. The van der Waals surface area contributed by atoms with Crippen LogP contribution >= 0.6 is 0 Å². The Kier molecular flexibility index (Phi) is 4.86. The highest BCUT2D eigenvalue weighted by molar-refractivity contribution is 5.90. The maximum Gasteiger partial charge on any atom is 0.356 e. The fourth-order valence-corrected chi connectivity index (χ4v) is 0.982. The number of nitrogens with zero attached hydrogens (tertiary/aromatic N) is 1. The van der Waals surface area contributed by atoms with Crippen LogP contribution in [-0.2, 0) is 14.3 Å². The van der Waals surface area contributed by atoms with Crippen molar-refractivity contribution >= 4 is 11.9 Å². The number of aliphatic hydroxyl groups is 1. The van der Waals surface area contributed by atoms with Gasteiger partial charge in [0.15, 0.2) is 0 Å². The van der Waals surface area contributed by atoms with E-state index in [1.165, 1.54) is 0 Å². The molecule has 0 heterocycles. The summed E-state index contributed by atoms with van der Waals surface area (Å²) in [6, 6.07) is -0.311. The molecule has 0 radical (unpaired) electrons. The van der Waals surface area contributed by atoms with Gasteiger partial charge in [-0.25, -0.2) is 4.79 Å². The lowest BCUT2D eigenvalue weighted by Crippen LogP contribution is -2.48. The summed E-state index contributed by atoms with van der Waals surface area (Å²) in [6.07, 6.45) is -0.544. The number of rotatable bonds is 4. The number of carbonyl (C=O) groups excluding carboxylic acids is 2. The highest BCUT2D eigenvalue weighted by Crippen LogP contribution is 2.06. The third kappa shape index (κ3) is 2.85. The van der Waals surface area contributed by atoms with Crippen LogP contribution in [0.25, 0.3) is 0 Å². The van der Waals surface area contributed by atoms with Gasteiger partial charge in [0.1, 0.15) is 0 Å². The van der Waals surface area contributed by atoms with E-state index in [4.69, 9.17) is 0 Å². The van der Waals surface area contributed by atoms with E-state index in [0.29, 0.717) is 0 Å². The molecule has 0 spiro atoms. The van der Waals surface area contributed by atoms with Crippen molar-refractivity contribution in [2.45, 2.75) is 26.1 Å². The zero-order chi connectivity index (χ0) is 11.3. The molecule has 0 bridgehead atoms. The molecule has 0 aliphatic carbocycles. The van der Waals surface area contributed by atoms with Gasteiger partial charge in [-0.1, -0.05) is 6.58 Å². The normalized spacial score (nSPS) is 12.1. The van der Waals surface area contributed by atoms with E-state index >= 15 is 0 Å². The van der Waals surface area contributed by atoms with Crippen LogP contribution in [0.4, 0.5) is 0 Å². The summed E-state index contributed by atoms with van der Waals surface area (Å²) in [4.78, 5) is 23.2. The molecule has 1 atom stereocenters. The Morgan fingerprint density at radius 2 is 2.00 bits per heavy atom. The number of aliphatic hydroxyl groups excluding tert-OH is 1. The van der Waals surface area contributed by atoms with Gasteiger partial charge in [0, 0.05) is 6.04 Å². The number of esters is 1. The van der Waals surface area contributed by atoms with E-state index in [-0.39, 0.29) is 6.04 Å². The maximum absolute atomic E-state index is 11.3. The van der Waals surface area contributed by atoms with Crippen molar-refractivity contribution in [2.75, 3.05) is 7.11 Å². The van der Waals surface area contributed by atoms with Crippen molar-refractivity contribution in [1.82, 2.24) is 4.90 Å². The Morgan fingerprint density at radius 3 is 2.29 bits per heavy atom. The Bertz CT molecular complexity index is 237. The Hall–Kier alpha value is -1.36. The summed E-state index contributed by atoms with van der Waals surface area (Å²) >= 11 is 0. The third-order valence-electron chi connectivity index (χ3n) is 1.66. The molecule has 0 aromatic carbocycles. The Balaban J connectivity index is 4.73. The standard InChI is InChI=1S/C9H15NO4/c1-5-7(11)10(6(2)3)8(12)9(13)14-4/h5-6,8,12H,1H2,2-4H3. The van der Waals surface area contributed by atoms with Gasteiger partial charge in [-0.05, 0) is 19.9 Å². The van der Waals surface area contributed by atoms with Crippen LogP contribution in [0.15, 0.2) is 12.7 Å². The minimum absolute atomic E-state index is 0.311. The summed E-state index contributed by atoms with van der Waals surface area (Å²) in [7, 11) is 1.14. The van der Waals surface area contributed by atoms with Gasteiger partial charge in [0.25, 0.3) is 0 Å². The van der Waals surface area contributed by atoms with E-state index in [2.05, 4.69) is 11.3 Å². The molecule has 1 amide bonds. The van der Waals surface area contributed by atoms with Crippen molar-refractivity contribution in [3.63, 3.8) is 0 Å². The van der Waals surface area contributed by atoms with E-state index in [1.54, 1.807) is 13.8 Å². The van der Waals surface area contributed by atoms with E-state index < -0.39 is 18.1 Å². The predicted molar refractivity (Wildman–Crippen MR) is 50.2 cm³/mol. The largest absolute Gasteiger partial charge is 0.466 e. The smallest absolute Gasteiger partial charge is 0.356 e. The van der Waals surface area contributed by atoms with Gasteiger partial charge in [0.05, 0.1) is 7.11 Å². The zero-order valence-corrected chi connectivity index (χ0v) is 8.56. The van der Waals surface area contributed by atoms with Crippen molar-refractivity contribution < 1.29 is 19.4 Å². The molecule has 14 heavy (non-hydrogen) atoms. The summed E-state index contributed by atoms with van der Waals surface area (Å²) < 4.78 is 4.32. The lowest BCUT2D eigenvalue weighted by atomic mass is 10.3. The van der Waals surface area contributed by atoms with Crippen LogP contribution in [0.1, 0.15) is 13.8 Å². The first-order chi connectivity index (χ1) is 6.45. The minimum Gasteiger partial charge on any atom is -0.466 e. The molecule has 0 aliphatic rings. The molecule has 0 rings (SSSR count). The number of hydrogen-bond acceptors (Lipinski definition) is 4. The molecule has 0 saturated heterocycles. The van der Waals surface area contributed by atoms with Gasteiger partial charge >= 0.3 is 5.97 Å². The van der Waals surface area contributed by atoms with Crippen LogP contribution in [0.3, 0.4) is 0 Å². The number of ether oxygens (including phenoxy) is 1. The van der Waals surface area contributed by atoms with Crippen LogP contribution in [0.5, 0.6) is 0 Å². The molecule has 5 heteroatoms. The lowest BCUT2D eigenvalue weighted by molar-refractivity contribution is -0.168. The van der Waals surface area contributed by atoms with Crippen LogP contribution in [0.2, 0.25) is 0 Å². The molecular formula is C9H15NO4. The number of carbonyl (C=O) groups is 2. The summed E-state index contributed by atoms with van der Waals surface area (Å²) in [6.45, 7) is 6.63. The quantitative estimate of drug-likeness (QED) is 0.392. The minimum atomic E-state index is -1.58. The highest BCUT2D eigenvalue weighted by atomic mass is 16.5. The molecule has 1 N–H and O–H groups in total. The first-order valence-corrected chi connectivity index (χ1v) is 4.16. The van der Waals surface area contributed by atoms with Crippen LogP contribution < -0.4 is 0 Å². The topological polar surface area (TPSA) is 66.8 Å². The SMILES string of the molecule is C=CC(=O)N(C(C)C)C(O)C(=O)OC. The first-order valence-electron chi connectivity index (χ1n) is 4.16. The van der Waals surface area contributed by atoms with E-state index in [9.17, 15) is 14.7 Å². The average molecular weight is 201 g/mol. The van der Waals surface area contributed by atoms with Crippen molar-refractivity contribution in [1.29, 1.82) is 0 Å². The molecule has 0 fully saturated rings. The number of methoxy groups -OCH3 is 1. The highest BCUT2D eigenvalue weighted by Gasteiger charge is 2.29. The second-order valence-corrected chi connectivity index (χ2v) is 2.94. The summed E-state index contributed by atoms with van der Waals surface area (Å²) in [5, 5.41) is 9.43. The Labute approximate surface area is 83.0 Å². The van der Waals surface area contributed by atoms with Crippen LogP contribution in [0, 0.1) is 0 Å². The fourth-order valence-electron chi connectivity index (χ4n) is 0.982. The maximum atomic E-state index is 11.3. The number of hydrogen-bond donors (Lipinski definition) is 1. The zero-order valence-electron chi connectivity index (χ0n) is 8.56. The van der Waals surface area contributed by atoms with Crippen LogP contribution in [-0.4, -0.2) is 41.3 Å². The molecule has 1 unspecified atom stereocenters. The Morgan fingerprint density at radius 1 is 1.50 bits per heavy atom. The average Bonchev–Trinajstić information content (AvgIpc) is 2.15. The van der Waals surface area contributed by atoms with Crippen molar-refractivity contribution in [3.8, 4) is 0 Å². The first kappa shape index (κ1) is 12.6. The summed E-state index contributed by atoms with van der Waals surface area (Å²) in [5.41, 5.74) is 0. The van der Waals surface area contributed by atoms with Crippen molar-refractivity contribution in [2.24, 2.45) is 0 Å². The van der Waals surface area contributed by atoms with Gasteiger partial charge in [0.2, 0.25) is 12.1 Å². The second-order valence-electron chi connectivity index (χ2n) is 2.94. The second kappa shape index (κ2) is 5.39. The van der Waals surface area contributed by atoms with Crippen molar-refractivity contribution in [3.05, 3.63) is 12.7 Å². The fraction of sp³-hybridized carbons (Fsp3) is 0.556. The lowest BCUT2D eigenvalue weighted by Gasteiger charge is -2.28.